The molecule has 4 rings (SSSR count). The lowest BCUT2D eigenvalue weighted by molar-refractivity contribution is -0.137. The number of hydrogen-bond acceptors (Lipinski definition) is 2. The average Bonchev–Trinajstić information content (AvgIpc) is 3.26. The van der Waals surface area contributed by atoms with Crippen LogP contribution in [-0.4, -0.2) is 16.6 Å². The van der Waals surface area contributed by atoms with E-state index < -0.39 is 11.7 Å². The van der Waals surface area contributed by atoms with Crippen LogP contribution in [0.3, 0.4) is 0 Å². The number of alkyl halides is 4. The van der Waals surface area contributed by atoms with Crippen molar-refractivity contribution in [1.29, 1.82) is 0 Å². The first-order valence-electron chi connectivity index (χ1n) is 10.1. The van der Waals surface area contributed by atoms with E-state index in [9.17, 15) is 13.2 Å². The van der Waals surface area contributed by atoms with Crippen LogP contribution >= 0.6 is 22.6 Å². The van der Waals surface area contributed by atoms with Crippen LogP contribution in [0.4, 0.5) is 13.2 Å². The highest BCUT2D eigenvalue weighted by molar-refractivity contribution is 14.1. The molecule has 160 valence electrons. The lowest BCUT2D eigenvalue weighted by atomic mass is 9.67. The van der Waals surface area contributed by atoms with Crippen molar-refractivity contribution in [3.05, 3.63) is 65.3 Å². The van der Waals surface area contributed by atoms with Crippen LogP contribution in [0.1, 0.15) is 57.9 Å². The molecule has 1 aromatic carbocycles. The Morgan fingerprint density at radius 3 is 2.73 bits per heavy atom. The average molecular weight is 528 g/mol. The van der Waals surface area contributed by atoms with Crippen molar-refractivity contribution in [3.8, 4) is 5.75 Å². The Hall–Kier alpha value is -1.77. The molecule has 2 aromatic rings. The number of rotatable bonds is 4. The molecule has 7 heteroatoms. The summed E-state index contributed by atoms with van der Waals surface area (Å²) in [6.45, 7) is 6.18. The van der Waals surface area contributed by atoms with E-state index in [4.69, 9.17) is 9.72 Å². The molecular formula is C23H24F3IN2O. The molecule has 0 saturated heterocycles. The second kappa shape index (κ2) is 8.05. The first kappa shape index (κ1) is 21.5. The number of aromatic nitrogens is 2. The van der Waals surface area contributed by atoms with Gasteiger partial charge in [0.2, 0.25) is 0 Å². The molecule has 1 fully saturated rings. The summed E-state index contributed by atoms with van der Waals surface area (Å²) in [5, 5.41) is 0. The second-order valence-corrected chi connectivity index (χ2v) is 9.59. The van der Waals surface area contributed by atoms with Crippen LogP contribution in [0.15, 0.2) is 36.9 Å². The van der Waals surface area contributed by atoms with Crippen LogP contribution in [0.2, 0.25) is 0 Å². The number of nitrogens with zero attached hydrogens (tertiary/aromatic N) is 1. The highest BCUT2D eigenvalue weighted by Gasteiger charge is 2.45. The van der Waals surface area contributed by atoms with Gasteiger partial charge in [-0.3, -0.25) is 0 Å². The van der Waals surface area contributed by atoms with Gasteiger partial charge in [-0.05, 0) is 56.7 Å². The first-order valence-corrected chi connectivity index (χ1v) is 11.3. The Labute approximate surface area is 188 Å². The number of aromatic amines is 1. The maximum atomic E-state index is 13.0. The minimum absolute atomic E-state index is 0.163. The van der Waals surface area contributed by atoms with Crippen molar-refractivity contribution in [3.63, 3.8) is 0 Å². The predicted molar refractivity (Wildman–Crippen MR) is 120 cm³/mol. The quantitative estimate of drug-likeness (QED) is 0.266. The number of benzene rings is 1. The van der Waals surface area contributed by atoms with Gasteiger partial charge in [-0.1, -0.05) is 47.4 Å². The summed E-state index contributed by atoms with van der Waals surface area (Å²) in [7, 11) is 0. The third kappa shape index (κ3) is 3.92. The first-order chi connectivity index (χ1) is 14.2. The summed E-state index contributed by atoms with van der Waals surface area (Å²) in [6.07, 6.45) is 5.03. The lowest BCUT2D eigenvalue weighted by Crippen LogP contribution is -2.34. The van der Waals surface area contributed by atoms with E-state index in [1.54, 1.807) is 12.1 Å². The van der Waals surface area contributed by atoms with E-state index >= 15 is 0 Å². The zero-order chi connectivity index (χ0) is 21.5. The molecule has 0 radical (unpaired) electrons. The van der Waals surface area contributed by atoms with Crippen molar-refractivity contribution in [1.82, 2.24) is 9.97 Å². The minimum atomic E-state index is -4.35. The van der Waals surface area contributed by atoms with E-state index in [1.807, 2.05) is 19.1 Å². The molecule has 1 aliphatic carbocycles. The van der Waals surface area contributed by atoms with Gasteiger partial charge < -0.3 is 9.72 Å². The molecule has 1 unspecified atom stereocenters. The third-order valence-electron chi connectivity index (χ3n) is 6.38. The highest BCUT2D eigenvalue weighted by Crippen LogP contribution is 2.52. The maximum Gasteiger partial charge on any atom is 0.416 e. The molecule has 30 heavy (non-hydrogen) atoms. The van der Waals surface area contributed by atoms with Crippen LogP contribution in [0.5, 0.6) is 5.75 Å². The Balaban J connectivity index is 1.47. The zero-order valence-corrected chi connectivity index (χ0v) is 18.9. The van der Waals surface area contributed by atoms with E-state index in [0.29, 0.717) is 18.3 Å². The molecule has 2 aliphatic rings. The number of halogens is 4. The number of imidazole rings is 1. The van der Waals surface area contributed by atoms with Crippen molar-refractivity contribution in [2.24, 2.45) is 5.92 Å². The van der Waals surface area contributed by atoms with Gasteiger partial charge in [-0.15, -0.1) is 0 Å². The van der Waals surface area contributed by atoms with Crippen molar-refractivity contribution < 1.29 is 17.9 Å². The van der Waals surface area contributed by atoms with E-state index in [0.717, 1.165) is 54.5 Å². The van der Waals surface area contributed by atoms with Crippen LogP contribution in [-0.2, 0) is 11.6 Å². The zero-order valence-electron chi connectivity index (χ0n) is 16.7. The summed E-state index contributed by atoms with van der Waals surface area (Å²) >= 11 is 2.46. The van der Waals surface area contributed by atoms with Gasteiger partial charge in [-0.25, -0.2) is 4.98 Å². The van der Waals surface area contributed by atoms with Gasteiger partial charge in [0.1, 0.15) is 11.6 Å². The Morgan fingerprint density at radius 1 is 1.33 bits per heavy atom. The van der Waals surface area contributed by atoms with Gasteiger partial charge in [0.15, 0.2) is 0 Å². The van der Waals surface area contributed by atoms with Gasteiger partial charge in [0, 0.05) is 16.7 Å². The van der Waals surface area contributed by atoms with Gasteiger partial charge in [0.05, 0.1) is 21.8 Å². The number of ether oxygens (including phenoxy) is 1. The number of fused-ring (bicyclic) bond motifs is 2. The van der Waals surface area contributed by atoms with Crippen molar-refractivity contribution in [2.75, 3.05) is 6.61 Å². The Morgan fingerprint density at radius 2 is 2.07 bits per heavy atom. The Bertz CT molecular complexity index is 971. The van der Waals surface area contributed by atoms with Crippen LogP contribution in [0.25, 0.3) is 6.08 Å². The smallest absolute Gasteiger partial charge is 0.416 e. The summed E-state index contributed by atoms with van der Waals surface area (Å²) in [5.74, 6) is 1.85. The third-order valence-corrected chi connectivity index (χ3v) is 7.98. The molecular weight excluding hydrogens is 504 g/mol. The molecule has 0 bridgehead atoms. The topological polar surface area (TPSA) is 37.9 Å². The standard InChI is InChI=1S/C23H24F3IN2O/c1-3-4-5-18-14(2)28-21(29-18)20(27)15-8-10-22(11-9-15)13-30-19-12-16(23(24,25)26)6-7-17(19)22/h3-7,12,15,20H,1,8-11,13H2,2H3,(H,28,29)/b5-4-. The van der Waals surface area contributed by atoms with Gasteiger partial charge in [-0.2, -0.15) is 13.2 Å². The van der Waals surface area contributed by atoms with Crippen LogP contribution in [0, 0.1) is 12.8 Å². The molecule has 1 aliphatic heterocycles. The number of H-pyrrole nitrogens is 1. The fraction of sp³-hybridized carbons (Fsp3) is 0.435. The largest absolute Gasteiger partial charge is 0.492 e. The monoisotopic (exact) mass is 528 g/mol. The van der Waals surface area contributed by atoms with Crippen molar-refractivity contribution in [2.45, 2.75) is 48.1 Å². The molecule has 3 nitrogen and oxygen atoms in total. The molecule has 0 amide bonds. The molecule has 1 atom stereocenters. The van der Waals surface area contributed by atoms with Crippen molar-refractivity contribution >= 4 is 28.7 Å². The van der Waals surface area contributed by atoms with Gasteiger partial charge in [0.25, 0.3) is 0 Å². The van der Waals surface area contributed by atoms with E-state index in [2.05, 4.69) is 34.2 Å². The number of hydrogen-bond donors (Lipinski definition) is 1. The lowest BCUT2D eigenvalue weighted by Gasteiger charge is -2.37. The van der Waals surface area contributed by atoms with Gasteiger partial charge >= 0.3 is 6.18 Å². The van der Waals surface area contributed by atoms with Crippen LogP contribution < -0.4 is 4.74 Å². The normalized spacial score (nSPS) is 24.8. The van der Waals surface area contributed by atoms with E-state index in [1.165, 1.54) is 6.07 Å². The summed E-state index contributed by atoms with van der Waals surface area (Å²) < 4.78 is 45.0. The maximum absolute atomic E-state index is 13.0. The van der Waals surface area contributed by atoms with E-state index in [-0.39, 0.29) is 9.34 Å². The SMILES string of the molecule is C=C/C=C\c1nc(C(I)C2CCC3(CC2)COc2cc(C(F)(F)F)ccc23)[nH]c1C. The molecule has 1 aromatic heterocycles. The summed E-state index contributed by atoms with van der Waals surface area (Å²) in [6, 6.07) is 3.97. The fourth-order valence-corrected chi connectivity index (χ4v) is 5.64. The molecule has 1 saturated carbocycles. The number of aryl methyl sites for hydroxylation is 1. The molecule has 1 N–H and O–H groups in total. The summed E-state index contributed by atoms with van der Waals surface area (Å²) in [5.41, 5.74) is 2.09. The predicted octanol–water partition coefficient (Wildman–Crippen LogP) is 6.93. The number of nitrogens with one attached hydrogen (secondary N) is 1. The molecule has 2 heterocycles. The fourth-order valence-electron chi connectivity index (χ4n) is 4.62. The summed E-state index contributed by atoms with van der Waals surface area (Å²) in [4.78, 5) is 8.16. The minimum Gasteiger partial charge on any atom is -0.492 e. The second-order valence-electron chi connectivity index (χ2n) is 8.24. The highest BCUT2D eigenvalue weighted by atomic mass is 127. The molecule has 1 spiro atoms. The number of allylic oxidation sites excluding steroid dienone is 2. The Kier molecular flexibility index (Phi) is 5.76.